The normalized spacial score (nSPS) is 13.3. The predicted molar refractivity (Wildman–Crippen MR) is 70.9 cm³/mol. The number of hydrogen-bond donors (Lipinski definition) is 2. The number of nitrogens with two attached hydrogens (primary N) is 1. The molecule has 10 heteroatoms. The number of carbonyl (C=O) groups excluding carboxylic acids is 2. The number of primary amides is 1. The molecule has 1 aliphatic rings. The fourth-order valence-corrected chi connectivity index (χ4v) is 1.51. The molecular weight excluding hydrogens is 321 g/mol. The van der Waals surface area contributed by atoms with Crippen LogP contribution in [-0.2, 0) is 4.79 Å². The number of alkyl halides is 3. The number of rotatable bonds is 2. The minimum Gasteiger partial charge on any atom is -0.475 e. The van der Waals surface area contributed by atoms with E-state index in [0.29, 0.717) is 11.3 Å². The first-order valence-corrected chi connectivity index (χ1v) is 6.28. The number of nitrogens with zero attached hydrogens (tertiary/aromatic N) is 1. The Morgan fingerprint density at radius 1 is 1.22 bits per heavy atom. The van der Waals surface area contributed by atoms with Gasteiger partial charge in [-0.25, -0.2) is 9.59 Å². The topological polar surface area (TPSA) is 110 Å². The molecule has 2 rings (SSSR count). The van der Waals surface area contributed by atoms with Crippen molar-refractivity contribution in [3.63, 3.8) is 0 Å². The molecule has 1 aliphatic heterocycles. The molecule has 0 radical (unpaired) electrons. The number of halogens is 3. The van der Waals surface area contributed by atoms with Gasteiger partial charge in [0.05, 0.1) is 0 Å². The number of amides is 2. The standard InChI is InChI=1S/C11H12N2O3.C2HF3O2/c12-11(15)16-9-4-1-3-8(7-9)10(14)13-5-2-6-13;3-2(4,5)1(6)7/h1,3-4,7H,2,5-6H2,(H2,12,15);(H,6,7). The molecule has 1 saturated heterocycles. The molecule has 2 amide bonds. The fourth-order valence-electron chi connectivity index (χ4n) is 1.51. The summed E-state index contributed by atoms with van der Waals surface area (Å²) in [6.07, 6.45) is -4.92. The van der Waals surface area contributed by atoms with Crippen molar-refractivity contribution in [1.29, 1.82) is 0 Å². The van der Waals surface area contributed by atoms with Crippen molar-refractivity contribution in [1.82, 2.24) is 4.90 Å². The summed E-state index contributed by atoms with van der Waals surface area (Å²) in [7, 11) is 0. The van der Waals surface area contributed by atoms with Gasteiger partial charge in [0.15, 0.2) is 0 Å². The molecule has 0 saturated carbocycles. The summed E-state index contributed by atoms with van der Waals surface area (Å²) in [5.41, 5.74) is 5.40. The quantitative estimate of drug-likeness (QED) is 0.854. The van der Waals surface area contributed by atoms with E-state index in [0.717, 1.165) is 19.5 Å². The van der Waals surface area contributed by atoms with E-state index in [4.69, 9.17) is 20.4 Å². The van der Waals surface area contributed by atoms with E-state index in [1.54, 1.807) is 23.1 Å². The molecular formula is C13H13F3N2O5. The highest BCUT2D eigenvalue weighted by atomic mass is 19.4. The predicted octanol–water partition coefficient (Wildman–Crippen LogP) is 1.62. The second-order valence-electron chi connectivity index (χ2n) is 4.40. The maximum atomic E-state index is 11.8. The van der Waals surface area contributed by atoms with Crippen molar-refractivity contribution in [3.05, 3.63) is 29.8 Å². The van der Waals surface area contributed by atoms with Gasteiger partial charge in [0.1, 0.15) is 5.75 Å². The summed E-state index contributed by atoms with van der Waals surface area (Å²) in [5, 5.41) is 7.12. The number of carboxylic acid groups (broad SMARTS) is 1. The summed E-state index contributed by atoms with van der Waals surface area (Å²) in [5.74, 6) is -2.51. The van der Waals surface area contributed by atoms with E-state index < -0.39 is 18.2 Å². The lowest BCUT2D eigenvalue weighted by Gasteiger charge is -2.30. The van der Waals surface area contributed by atoms with E-state index in [1.807, 2.05) is 0 Å². The molecule has 0 atom stereocenters. The van der Waals surface area contributed by atoms with E-state index >= 15 is 0 Å². The number of carbonyl (C=O) groups is 3. The second-order valence-corrected chi connectivity index (χ2v) is 4.40. The van der Waals surface area contributed by atoms with Crippen LogP contribution in [0.1, 0.15) is 16.8 Å². The highest BCUT2D eigenvalue weighted by molar-refractivity contribution is 5.95. The SMILES string of the molecule is NC(=O)Oc1cccc(C(=O)N2CCC2)c1.O=C(O)C(F)(F)F. The van der Waals surface area contributed by atoms with Crippen molar-refractivity contribution in [2.24, 2.45) is 5.73 Å². The first-order valence-electron chi connectivity index (χ1n) is 6.28. The van der Waals surface area contributed by atoms with Crippen LogP contribution >= 0.6 is 0 Å². The van der Waals surface area contributed by atoms with Gasteiger partial charge in [-0.1, -0.05) is 6.07 Å². The molecule has 1 aromatic carbocycles. The van der Waals surface area contributed by atoms with Gasteiger partial charge in [0.25, 0.3) is 5.91 Å². The Hall–Kier alpha value is -2.78. The third-order valence-corrected chi connectivity index (χ3v) is 2.69. The number of carboxylic acids is 1. The zero-order chi connectivity index (χ0) is 17.6. The van der Waals surface area contributed by atoms with Crippen LogP contribution < -0.4 is 10.5 Å². The maximum absolute atomic E-state index is 11.8. The van der Waals surface area contributed by atoms with Gasteiger partial charge in [0.2, 0.25) is 0 Å². The van der Waals surface area contributed by atoms with Crippen LogP contribution in [0.2, 0.25) is 0 Å². The highest BCUT2D eigenvalue weighted by Crippen LogP contribution is 2.17. The lowest BCUT2D eigenvalue weighted by Crippen LogP contribution is -2.42. The lowest BCUT2D eigenvalue weighted by molar-refractivity contribution is -0.192. The summed E-state index contributed by atoms with van der Waals surface area (Å²) in [6, 6.07) is 6.45. The van der Waals surface area contributed by atoms with Gasteiger partial charge in [-0.15, -0.1) is 0 Å². The molecule has 0 aromatic heterocycles. The van der Waals surface area contributed by atoms with Gasteiger partial charge in [-0.05, 0) is 24.6 Å². The van der Waals surface area contributed by atoms with Crippen LogP contribution in [0.4, 0.5) is 18.0 Å². The van der Waals surface area contributed by atoms with Crippen molar-refractivity contribution in [2.75, 3.05) is 13.1 Å². The van der Waals surface area contributed by atoms with Crippen LogP contribution in [0.15, 0.2) is 24.3 Å². The van der Waals surface area contributed by atoms with Gasteiger partial charge in [-0.3, -0.25) is 4.79 Å². The minimum atomic E-state index is -5.08. The summed E-state index contributed by atoms with van der Waals surface area (Å²) < 4.78 is 36.4. The van der Waals surface area contributed by atoms with Crippen LogP contribution in [-0.4, -0.2) is 47.2 Å². The van der Waals surface area contributed by atoms with Crippen LogP contribution in [0.5, 0.6) is 5.75 Å². The van der Waals surface area contributed by atoms with Gasteiger partial charge >= 0.3 is 18.2 Å². The fraction of sp³-hybridized carbons (Fsp3) is 0.308. The Kier molecular flexibility index (Phi) is 5.94. The van der Waals surface area contributed by atoms with E-state index in [2.05, 4.69) is 0 Å². The third kappa shape index (κ3) is 5.85. The monoisotopic (exact) mass is 334 g/mol. The zero-order valence-corrected chi connectivity index (χ0v) is 11.7. The number of ether oxygens (including phenoxy) is 1. The number of benzene rings is 1. The molecule has 0 spiro atoms. The molecule has 1 aromatic rings. The highest BCUT2D eigenvalue weighted by Gasteiger charge is 2.38. The average Bonchev–Trinajstić information content (AvgIpc) is 2.35. The zero-order valence-electron chi connectivity index (χ0n) is 11.7. The molecule has 7 nitrogen and oxygen atoms in total. The first-order chi connectivity index (χ1) is 10.6. The maximum Gasteiger partial charge on any atom is 0.490 e. The van der Waals surface area contributed by atoms with Crippen molar-refractivity contribution in [3.8, 4) is 5.75 Å². The molecule has 3 N–H and O–H groups in total. The molecule has 0 bridgehead atoms. The molecule has 0 unspecified atom stereocenters. The average molecular weight is 334 g/mol. The number of aliphatic carboxylic acids is 1. The van der Waals surface area contributed by atoms with E-state index in [1.165, 1.54) is 6.07 Å². The Morgan fingerprint density at radius 3 is 2.17 bits per heavy atom. The van der Waals surface area contributed by atoms with Crippen molar-refractivity contribution in [2.45, 2.75) is 12.6 Å². The Bertz CT molecular complexity index is 600. The first kappa shape index (κ1) is 18.3. The summed E-state index contributed by atoms with van der Waals surface area (Å²) in [6.45, 7) is 1.58. The number of hydrogen-bond acceptors (Lipinski definition) is 4. The Labute approximate surface area is 128 Å². The van der Waals surface area contributed by atoms with E-state index in [-0.39, 0.29) is 5.91 Å². The number of likely N-dealkylation sites (tertiary alicyclic amines) is 1. The molecule has 126 valence electrons. The van der Waals surface area contributed by atoms with Gasteiger partial charge in [-0.2, -0.15) is 13.2 Å². The molecule has 1 fully saturated rings. The van der Waals surface area contributed by atoms with Crippen LogP contribution in [0.25, 0.3) is 0 Å². The van der Waals surface area contributed by atoms with Crippen LogP contribution in [0, 0.1) is 0 Å². The van der Waals surface area contributed by atoms with E-state index in [9.17, 15) is 22.8 Å². The second kappa shape index (κ2) is 7.47. The third-order valence-electron chi connectivity index (χ3n) is 2.69. The smallest absolute Gasteiger partial charge is 0.475 e. The van der Waals surface area contributed by atoms with Crippen molar-refractivity contribution < 1.29 is 37.4 Å². The molecule has 1 heterocycles. The van der Waals surface area contributed by atoms with Gasteiger partial charge < -0.3 is 20.5 Å². The molecule has 0 aliphatic carbocycles. The minimum absolute atomic E-state index is 0.0406. The van der Waals surface area contributed by atoms with Crippen molar-refractivity contribution >= 4 is 18.0 Å². The van der Waals surface area contributed by atoms with Gasteiger partial charge in [0, 0.05) is 18.7 Å². The van der Waals surface area contributed by atoms with Crippen LogP contribution in [0.3, 0.4) is 0 Å². The summed E-state index contributed by atoms with van der Waals surface area (Å²) >= 11 is 0. The Balaban J connectivity index is 0.000000322. The molecule has 23 heavy (non-hydrogen) atoms. The Morgan fingerprint density at radius 2 is 1.78 bits per heavy atom. The lowest BCUT2D eigenvalue weighted by atomic mass is 10.1. The largest absolute Gasteiger partial charge is 0.490 e. The summed E-state index contributed by atoms with van der Waals surface area (Å²) in [4.78, 5) is 33.0.